The van der Waals surface area contributed by atoms with E-state index in [9.17, 15) is 0 Å². The standard InChI is InChI=1S/C23H30/c1-10-11-12-13(2)21-17(6)16(5)19(8)22-18(7)14(3)15(4)20(9)23(21)22/h10,12H,1,11H2,2-9H3/b13-12+. The van der Waals surface area contributed by atoms with Crippen molar-refractivity contribution in [3.05, 3.63) is 63.2 Å². The summed E-state index contributed by atoms with van der Waals surface area (Å²) < 4.78 is 0. The van der Waals surface area contributed by atoms with Crippen molar-refractivity contribution >= 4 is 16.3 Å². The monoisotopic (exact) mass is 306 g/mol. The first-order chi connectivity index (χ1) is 10.7. The van der Waals surface area contributed by atoms with Crippen LogP contribution < -0.4 is 0 Å². The van der Waals surface area contributed by atoms with Gasteiger partial charge in [-0.15, -0.1) is 6.58 Å². The largest absolute Gasteiger partial charge is 0.103 e. The van der Waals surface area contributed by atoms with Gasteiger partial charge >= 0.3 is 0 Å². The van der Waals surface area contributed by atoms with Crippen LogP contribution in [-0.4, -0.2) is 0 Å². The van der Waals surface area contributed by atoms with E-state index in [-0.39, 0.29) is 0 Å². The molecule has 2 rings (SSSR count). The summed E-state index contributed by atoms with van der Waals surface area (Å²) in [6.45, 7) is 22.0. The number of benzene rings is 2. The molecule has 0 unspecified atom stereocenters. The van der Waals surface area contributed by atoms with E-state index in [1.54, 1.807) is 0 Å². The van der Waals surface area contributed by atoms with Gasteiger partial charge in [-0.1, -0.05) is 12.2 Å². The summed E-state index contributed by atoms with van der Waals surface area (Å²) in [6.07, 6.45) is 5.19. The highest BCUT2D eigenvalue weighted by atomic mass is 14.2. The molecule has 0 saturated heterocycles. The molecular formula is C23H30. The van der Waals surface area contributed by atoms with E-state index in [2.05, 4.69) is 68.0 Å². The molecule has 0 fully saturated rings. The van der Waals surface area contributed by atoms with Gasteiger partial charge in [-0.25, -0.2) is 0 Å². The van der Waals surface area contributed by atoms with E-state index in [4.69, 9.17) is 0 Å². The Balaban J connectivity index is 3.12. The Labute approximate surface area is 141 Å². The Morgan fingerprint density at radius 3 is 1.61 bits per heavy atom. The predicted molar refractivity (Wildman–Crippen MR) is 106 cm³/mol. The fraction of sp³-hybridized carbons (Fsp3) is 0.391. The summed E-state index contributed by atoms with van der Waals surface area (Å²) in [7, 11) is 0. The first-order valence-electron chi connectivity index (χ1n) is 8.51. The topological polar surface area (TPSA) is 0 Å². The lowest BCUT2D eigenvalue weighted by Crippen LogP contribution is -2.03. The molecule has 0 heteroatoms. The molecule has 0 bridgehead atoms. The molecule has 0 N–H and O–H groups in total. The number of fused-ring (bicyclic) bond motifs is 1. The Morgan fingerprint density at radius 1 is 0.696 bits per heavy atom. The Kier molecular flexibility index (Phi) is 4.84. The van der Waals surface area contributed by atoms with Gasteiger partial charge in [-0.2, -0.15) is 0 Å². The summed E-state index contributed by atoms with van der Waals surface area (Å²) in [4.78, 5) is 0. The van der Waals surface area contributed by atoms with Crippen molar-refractivity contribution in [2.75, 3.05) is 0 Å². The minimum absolute atomic E-state index is 0.919. The number of allylic oxidation sites excluding steroid dienone is 3. The van der Waals surface area contributed by atoms with Crippen LogP contribution in [0.25, 0.3) is 16.3 Å². The Morgan fingerprint density at radius 2 is 1.13 bits per heavy atom. The average molecular weight is 306 g/mol. The molecule has 0 atom stereocenters. The molecule has 0 saturated carbocycles. The number of aryl methyl sites for hydroxylation is 3. The molecular weight excluding hydrogens is 276 g/mol. The second-order valence-electron chi connectivity index (χ2n) is 6.91. The molecule has 2 aromatic rings. The molecule has 23 heavy (non-hydrogen) atoms. The van der Waals surface area contributed by atoms with E-state index in [0.717, 1.165) is 6.42 Å². The van der Waals surface area contributed by atoms with E-state index < -0.39 is 0 Å². The van der Waals surface area contributed by atoms with Gasteiger partial charge < -0.3 is 0 Å². The molecule has 0 spiro atoms. The van der Waals surface area contributed by atoms with E-state index in [1.165, 1.54) is 60.9 Å². The third-order valence-corrected chi connectivity index (χ3v) is 5.80. The molecule has 0 amide bonds. The lowest BCUT2D eigenvalue weighted by molar-refractivity contribution is 1.21. The van der Waals surface area contributed by atoms with E-state index >= 15 is 0 Å². The van der Waals surface area contributed by atoms with Gasteiger partial charge in [0.05, 0.1) is 0 Å². The van der Waals surface area contributed by atoms with Gasteiger partial charge in [0.15, 0.2) is 0 Å². The van der Waals surface area contributed by atoms with Gasteiger partial charge in [0.25, 0.3) is 0 Å². The van der Waals surface area contributed by atoms with Crippen LogP contribution in [0.15, 0.2) is 18.7 Å². The van der Waals surface area contributed by atoms with Crippen LogP contribution >= 0.6 is 0 Å². The predicted octanol–water partition coefficient (Wildman–Crippen LogP) is 6.98. The zero-order valence-electron chi connectivity index (χ0n) is 16.1. The maximum absolute atomic E-state index is 3.86. The summed E-state index contributed by atoms with van der Waals surface area (Å²) in [5, 5.41) is 2.90. The van der Waals surface area contributed by atoms with Gasteiger partial charge in [-0.05, 0) is 123 Å². The highest BCUT2D eigenvalue weighted by Gasteiger charge is 2.19. The van der Waals surface area contributed by atoms with E-state index in [1.807, 2.05) is 6.08 Å². The van der Waals surface area contributed by atoms with Crippen LogP contribution in [0, 0.1) is 48.5 Å². The van der Waals surface area contributed by atoms with Crippen LogP contribution in [0.3, 0.4) is 0 Å². The Hall–Kier alpha value is -1.82. The first-order valence-corrected chi connectivity index (χ1v) is 8.51. The fourth-order valence-corrected chi connectivity index (χ4v) is 3.79. The third-order valence-electron chi connectivity index (χ3n) is 5.80. The highest BCUT2D eigenvalue weighted by molar-refractivity contribution is 6.02. The normalized spacial score (nSPS) is 12.1. The van der Waals surface area contributed by atoms with Gasteiger partial charge in [0.2, 0.25) is 0 Å². The van der Waals surface area contributed by atoms with Crippen LogP contribution in [0.1, 0.15) is 57.9 Å². The number of hydrogen-bond donors (Lipinski definition) is 0. The van der Waals surface area contributed by atoms with Crippen LogP contribution in [-0.2, 0) is 0 Å². The van der Waals surface area contributed by atoms with Crippen molar-refractivity contribution in [3.8, 4) is 0 Å². The van der Waals surface area contributed by atoms with Gasteiger partial charge in [0.1, 0.15) is 0 Å². The average Bonchev–Trinajstić information content (AvgIpc) is 2.53. The SMILES string of the molecule is C=CC/C=C(\C)c1c(C)c(C)c(C)c2c(C)c(C)c(C)c(C)c12. The van der Waals surface area contributed by atoms with Crippen molar-refractivity contribution in [2.24, 2.45) is 0 Å². The number of hydrogen-bond acceptors (Lipinski definition) is 0. The molecule has 122 valence electrons. The summed E-state index contributed by atoms with van der Waals surface area (Å²) >= 11 is 0. The second kappa shape index (κ2) is 6.35. The summed E-state index contributed by atoms with van der Waals surface area (Å²) in [6, 6.07) is 0. The van der Waals surface area contributed by atoms with Crippen molar-refractivity contribution < 1.29 is 0 Å². The van der Waals surface area contributed by atoms with E-state index in [0.29, 0.717) is 0 Å². The molecule has 0 aliphatic rings. The fourth-order valence-electron chi connectivity index (χ4n) is 3.79. The quantitative estimate of drug-likeness (QED) is 0.537. The molecule has 0 aliphatic carbocycles. The lowest BCUT2D eigenvalue weighted by atomic mass is 9.81. The van der Waals surface area contributed by atoms with Gasteiger partial charge in [-0.3, -0.25) is 0 Å². The summed E-state index contributed by atoms with van der Waals surface area (Å²) in [5.41, 5.74) is 12.8. The van der Waals surface area contributed by atoms with Crippen LogP contribution in [0.4, 0.5) is 0 Å². The number of rotatable bonds is 3. The second-order valence-corrected chi connectivity index (χ2v) is 6.91. The van der Waals surface area contributed by atoms with Crippen LogP contribution in [0.5, 0.6) is 0 Å². The summed E-state index contributed by atoms with van der Waals surface area (Å²) in [5.74, 6) is 0. The zero-order chi connectivity index (χ0) is 17.5. The molecule has 0 nitrogen and oxygen atoms in total. The maximum Gasteiger partial charge on any atom is -0.00686 e. The maximum atomic E-state index is 3.86. The Bertz CT molecular complexity index is 821. The minimum Gasteiger partial charge on any atom is -0.103 e. The van der Waals surface area contributed by atoms with Crippen molar-refractivity contribution in [1.29, 1.82) is 0 Å². The van der Waals surface area contributed by atoms with Crippen molar-refractivity contribution in [2.45, 2.75) is 61.8 Å². The lowest BCUT2D eigenvalue weighted by Gasteiger charge is -2.23. The van der Waals surface area contributed by atoms with Crippen LogP contribution in [0.2, 0.25) is 0 Å². The third kappa shape index (κ3) is 2.65. The van der Waals surface area contributed by atoms with Crippen molar-refractivity contribution in [1.82, 2.24) is 0 Å². The zero-order valence-corrected chi connectivity index (χ0v) is 16.1. The molecule has 0 aromatic heterocycles. The molecule has 2 aromatic carbocycles. The smallest absolute Gasteiger partial charge is 0.00686 e. The highest BCUT2D eigenvalue weighted by Crippen LogP contribution is 2.40. The molecule has 0 radical (unpaired) electrons. The first kappa shape index (κ1) is 17.5. The minimum atomic E-state index is 0.919. The van der Waals surface area contributed by atoms with Gasteiger partial charge in [0, 0.05) is 0 Å². The van der Waals surface area contributed by atoms with Crippen molar-refractivity contribution in [3.63, 3.8) is 0 Å². The molecule has 0 heterocycles. The molecule has 0 aliphatic heterocycles.